The van der Waals surface area contributed by atoms with Crippen molar-refractivity contribution >= 4 is 47.4 Å². The minimum atomic E-state index is -1.08. The van der Waals surface area contributed by atoms with Crippen LogP contribution in [-0.2, 0) is 82.7 Å². The minimum absolute atomic E-state index is 0.0132. The SMILES string of the molecule is CC(=O)N[C@H]1C(OCCOCCNC(=O)c2cc(CN)ccc2C(=O)CCCOCCOC2C[C@H](COC(C)=O)[C@H](OC(C)=O)[C@H](OC(C)=O)[C@H]2C)O[C@H](COC(C)=O)[C@H](C)[C@@H]1OC(C)=O. The van der Waals surface area contributed by atoms with Gasteiger partial charge in [0, 0.05) is 91.0 Å². The fourth-order valence-electron chi connectivity index (χ4n) is 7.76. The van der Waals surface area contributed by atoms with Crippen molar-refractivity contribution in [2.75, 3.05) is 59.4 Å². The van der Waals surface area contributed by atoms with E-state index in [1.807, 2.05) is 6.92 Å². The number of Topliss-reactive ketones (excluding diaryl/α,β-unsaturated/α-hetero) is 1. The highest BCUT2D eigenvalue weighted by molar-refractivity contribution is 6.08. The summed E-state index contributed by atoms with van der Waals surface area (Å²) in [6.07, 6.45) is -3.93. The van der Waals surface area contributed by atoms with Crippen LogP contribution in [0.1, 0.15) is 101 Å². The van der Waals surface area contributed by atoms with E-state index >= 15 is 0 Å². The Morgan fingerprint density at radius 3 is 1.91 bits per heavy atom. The number of carbonyl (C=O) groups excluding carboxylic acids is 8. The van der Waals surface area contributed by atoms with Crippen LogP contribution in [0.3, 0.4) is 0 Å². The molecular formula is C45H67N3O18. The Morgan fingerprint density at radius 2 is 1.29 bits per heavy atom. The molecular weight excluding hydrogens is 870 g/mol. The first-order valence-corrected chi connectivity index (χ1v) is 22.1. The van der Waals surface area contributed by atoms with Gasteiger partial charge in [-0.1, -0.05) is 26.0 Å². The number of hydrogen-bond acceptors (Lipinski definition) is 19. The molecule has 0 spiro atoms. The van der Waals surface area contributed by atoms with Crippen LogP contribution in [0, 0.1) is 17.8 Å². The molecule has 2 amide bonds. The summed E-state index contributed by atoms with van der Waals surface area (Å²) in [5, 5.41) is 5.49. The zero-order chi connectivity index (χ0) is 48.9. The molecule has 2 fully saturated rings. The molecule has 1 aromatic carbocycles. The Bertz CT molecular complexity index is 1810. The molecule has 4 N–H and O–H groups in total. The molecule has 2 aliphatic rings. The summed E-state index contributed by atoms with van der Waals surface area (Å²) in [6, 6.07) is 3.96. The number of ketones is 1. The van der Waals surface area contributed by atoms with E-state index in [9.17, 15) is 38.4 Å². The van der Waals surface area contributed by atoms with E-state index in [1.165, 1.54) is 41.5 Å². The Kier molecular flexibility index (Phi) is 23.6. The molecule has 0 radical (unpaired) electrons. The fraction of sp³-hybridized carbons (Fsp3) is 0.689. The van der Waals surface area contributed by atoms with Crippen LogP contribution in [0.4, 0.5) is 0 Å². The number of amides is 2. The molecule has 0 bridgehead atoms. The molecule has 2 unspecified atom stereocenters. The van der Waals surface area contributed by atoms with Crippen molar-refractivity contribution in [2.45, 2.75) is 124 Å². The Labute approximate surface area is 385 Å². The van der Waals surface area contributed by atoms with Crippen LogP contribution in [0.15, 0.2) is 18.2 Å². The third-order valence-corrected chi connectivity index (χ3v) is 10.9. The first-order chi connectivity index (χ1) is 31.3. The van der Waals surface area contributed by atoms with Gasteiger partial charge in [0.15, 0.2) is 12.1 Å². The van der Waals surface area contributed by atoms with Gasteiger partial charge >= 0.3 is 29.8 Å². The van der Waals surface area contributed by atoms with Gasteiger partial charge in [0.25, 0.3) is 5.91 Å². The van der Waals surface area contributed by atoms with Gasteiger partial charge in [0.1, 0.15) is 37.1 Å². The maximum atomic E-state index is 13.4. The molecule has 66 heavy (non-hydrogen) atoms. The van der Waals surface area contributed by atoms with E-state index in [-0.39, 0.29) is 95.2 Å². The highest BCUT2D eigenvalue weighted by Gasteiger charge is 2.49. The first kappa shape index (κ1) is 55.3. The van der Waals surface area contributed by atoms with Crippen molar-refractivity contribution in [3.8, 4) is 0 Å². The Balaban J connectivity index is 1.47. The monoisotopic (exact) mass is 937 g/mol. The van der Waals surface area contributed by atoms with Crippen molar-refractivity contribution in [1.29, 1.82) is 0 Å². The number of hydrogen-bond donors (Lipinski definition) is 3. The topological polar surface area (TPSA) is 279 Å². The van der Waals surface area contributed by atoms with Crippen LogP contribution < -0.4 is 16.4 Å². The quantitative estimate of drug-likeness (QED) is 0.0516. The molecule has 370 valence electrons. The third-order valence-electron chi connectivity index (χ3n) is 10.9. The number of benzene rings is 1. The number of nitrogens with two attached hydrogens (primary N) is 1. The lowest BCUT2D eigenvalue weighted by Crippen LogP contribution is -2.63. The molecule has 1 heterocycles. The molecule has 1 saturated heterocycles. The highest BCUT2D eigenvalue weighted by atomic mass is 16.7. The molecule has 0 aromatic heterocycles. The summed E-state index contributed by atoms with van der Waals surface area (Å²) in [7, 11) is 0. The molecule has 10 atom stereocenters. The van der Waals surface area contributed by atoms with Crippen molar-refractivity contribution in [2.24, 2.45) is 23.5 Å². The Morgan fingerprint density at radius 1 is 0.682 bits per heavy atom. The van der Waals surface area contributed by atoms with Crippen LogP contribution >= 0.6 is 0 Å². The number of esters is 5. The molecule has 1 aliphatic carbocycles. The normalized spacial score (nSPS) is 24.9. The zero-order valence-corrected chi connectivity index (χ0v) is 39.1. The summed E-state index contributed by atoms with van der Waals surface area (Å²) in [5.41, 5.74) is 6.88. The molecule has 1 saturated carbocycles. The Hall–Kier alpha value is -5.06. The lowest BCUT2D eigenvalue weighted by molar-refractivity contribution is -0.261. The molecule has 21 heteroatoms. The lowest BCUT2D eigenvalue weighted by Gasteiger charge is -2.44. The smallest absolute Gasteiger partial charge is 0.303 e. The summed E-state index contributed by atoms with van der Waals surface area (Å²) in [4.78, 5) is 97.6. The van der Waals surface area contributed by atoms with E-state index < -0.39 is 96.3 Å². The van der Waals surface area contributed by atoms with Gasteiger partial charge < -0.3 is 63.7 Å². The second kappa shape index (κ2) is 28.2. The minimum Gasteiger partial charge on any atom is -0.465 e. The van der Waals surface area contributed by atoms with Gasteiger partial charge in [-0.3, -0.25) is 38.4 Å². The van der Waals surface area contributed by atoms with Crippen LogP contribution in [0.2, 0.25) is 0 Å². The van der Waals surface area contributed by atoms with Crippen molar-refractivity contribution < 1.29 is 85.7 Å². The maximum absolute atomic E-state index is 13.4. The predicted molar refractivity (Wildman–Crippen MR) is 230 cm³/mol. The van der Waals surface area contributed by atoms with E-state index in [0.717, 1.165) is 0 Å². The van der Waals surface area contributed by atoms with E-state index in [2.05, 4.69) is 10.6 Å². The van der Waals surface area contributed by atoms with Crippen molar-refractivity contribution in [1.82, 2.24) is 10.6 Å². The molecule has 21 nitrogen and oxygen atoms in total. The summed E-state index contributed by atoms with van der Waals surface area (Å²) >= 11 is 0. The second-order valence-corrected chi connectivity index (χ2v) is 16.2. The molecule has 3 rings (SSSR count). The summed E-state index contributed by atoms with van der Waals surface area (Å²) < 4.78 is 56.4. The van der Waals surface area contributed by atoms with Gasteiger partial charge in [0.2, 0.25) is 5.91 Å². The van der Waals surface area contributed by atoms with Crippen LogP contribution in [0.5, 0.6) is 0 Å². The zero-order valence-electron chi connectivity index (χ0n) is 39.1. The van der Waals surface area contributed by atoms with E-state index in [0.29, 0.717) is 18.4 Å². The summed E-state index contributed by atoms with van der Waals surface area (Å²) in [6.45, 7) is 11.9. The van der Waals surface area contributed by atoms with E-state index in [1.54, 1.807) is 25.1 Å². The van der Waals surface area contributed by atoms with Crippen LogP contribution in [0.25, 0.3) is 0 Å². The van der Waals surface area contributed by atoms with Gasteiger partial charge in [-0.2, -0.15) is 0 Å². The first-order valence-electron chi connectivity index (χ1n) is 22.1. The fourth-order valence-corrected chi connectivity index (χ4v) is 7.76. The average molecular weight is 938 g/mol. The number of rotatable bonds is 26. The van der Waals surface area contributed by atoms with Gasteiger partial charge in [0.05, 0.1) is 51.3 Å². The number of carbonyl (C=O) groups is 8. The summed E-state index contributed by atoms with van der Waals surface area (Å²) in [5.74, 6) is -5.21. The van der Waals surface area contributed by atoms with E-state index in [4.69, 9.17) is 53.1 Å². The third kappa shape index (κ3) is 18.3. The standard InChI is InChI=1S/C45H67N3O18/c1-25-38(21-34(23-61-28(4)50)43(65-32(8)54)42(25)64-31(7)53)59-18-16-57-14-9-10-37(55)35-12-11-33(22-46)20-36(35)44(56)47-13-15-58-17-19-60-45-40(48-27(3)49)41(63-30(6)52)26(2)39(66-45)24-62-29(5)51/h11-12,20,25-26,34,38-43,45H,9-10,13-19,21-24,46H2,1-8H3,(H,47,56)(H,48,49)/t25-,26-,34+,38?,39+,40+,41-,42+,43-,45?/m0/s1. The predicted octanol–water partition coefficient (Wildman–Crippen LogP) is 1.72. The van der Waals surface area contributed by atoms with Crippen LogP contribution in [-0.4, -0.2) is 150 Å². The lowest BCUT2D eigenvalue weighted by atomic mass is 9.76. The highest BCUT2D eigenvalue weighted by Crippen LogP contribution is 2.36. The molecule has 1 aromatic rings. The average Bonchev–Trinajstić information content (AvgIpc) is 3.24. The number of nitrogens with one attached hydrogen (secondary N) is 2. The van der Waals surface area contributed by atoms with Gasteiger partial charge in [-0.25, -0.2) is 0 Å². The maximum Gasteiger partial charge on any atom is 0.303 e. The molecule has 1 aliphatic heterocycles. The van der Waals surface area contributed by atoms with Gasteiger partial charge in [-0.05, 0) is 24.5 Å². The number of ether oxygens (including phenoxy) is 10. The van der Waals surface area contributed by atoms with Crippen molar-refractivity contribution in [3.05, 3.63) is 34.9 Å². The largest absolute Gasteiger partial charge is 0.465 e. The second-order valence-electron chi connectivity index (χ2n) is 16.2. The van der Waals surface area contributed by atoms with Crippen molar-refractivity contribution in [3.63, 3.8) is 0 Å². The van der Waals surface area contributed by atoms with Gasteiger partial charge in [-0.15, -0.1) is 0 Å².